The Kier molecular flexibility index (Phi) is 8.57. The van der Waals surface area contributed by atoms with Gasteiger partial charge in [-0.1, -0.05) is 91.0 Å². The van der Waals surface area contributed by atoms with Crippen LogP contribution in [0.25, 0.3) is 22.5 Å². The van der Waals surface area contributed by atoms with Crippen molar-refractivity contribution in [2.75, 3.05) is 24.7 Å². The van der Waals surface area contributed by atoms with Gasteiger partial charge in [0.1, 0.15) is 12.4 Å². The van der Waals surface area contributed by atoms with Gasteiger partial charge in [0.05, 0.1) is 17.6 Å². The van der Waals surface area contributed by atoms with Gasteiger partial charge in [0.2, 0.25) is 0 Å². The molecule has 0 unspecified atom stereocenters. The molecule has 0 aliphatic heterocycles. The monoisotopic (exact) mass is 467 g/mol. The maximum atomic E-state index is 10.7. The Bertz CT molecular complexity index is 1200. The number of carboxylic acids is 1. The zero-order valence-corrected chi connectivity index (χ0v) is 19.6. The van der Waals surface area contributed by atoms with Crippen LogP contribution in [0.3, 0.4) is 0 Å². The Morgan fingerprint density at radius 2 is 1.40 bits per heavy atom. The van der Waals surface area contributed by atoms with E-state index in [0.717, 1.165) is 47.7 Å². The number of ether oxygens (including phenoxy) is 1. The molecule has 6 nitrogen and oxygen atoms in total. The molecular weight excluding hydrogens is 438 g/mol. The molecule has 1 aromatic heterocycles. The predicted molar refractivity (Wildman–Crippen MR) is 138 cm³/mol. The van der Waals surface area contributed by atoms with Crippen molar-refractivity contribution in [1.29, 1.82) is 0 Å². The van der Waals surface area contributed by atoms with Crippen LogP contribution in [-0.4, -0.2) is 40.8 Å². The molecule has 0 aliphatic rings. The van der Waals surface area contributed by atoms with Gasteiger partial charge in [-0.2, -0.15) is 0 Å². The van der Waals surface area contributed by atoms with Crippen LogP contribution in [0.15, 0.2) is 97.2 Å². The summed E-state index contributed by atoms with van der Waals surface area (Å²) in [6, 6.07) is 30.5. The molecule has 1 heterocycles. The van der Waals surface area contributed by atoms with E-state index in [1.807, 2.05) is 60.8 Å². The molecule has 1 N–H and O–H groups in total. The molecule has 0 fully saturated rings. The number of nitrogens with zero attached hydrogens (tertiary/aromatic N) is 3. The van der Waals surface area contributed by atoms with E-state index in [1.54, 1.807) is 0 Å². The molecule has 35 heavy (non-hydrogen) atoms. The number of hydrogen-bond donors (Lipinski definition) is 1. The van der Waals surface area contributed by atoms with Crippen LogP contribution >= 0.6 is 0 Å². The molecule has 0 aliphatic carbocycles. The highest BCUT2D eigenvalue weighted by atomic mass is 16.5. The van der Waals surface area contributed by atoms with Crippen LogP contribution < -0.4 is 4.90 Å². The molecule has 0 radical (unpaired) electrons. The molecule has 3 aromatic carbocycles. The summed E-state index contributed by atoms with van der Waals surface area (Å²) in [5, 5.41) is 8.75. The number of anilines is 1. The Hall–Kier alpha value is -4.03. The minimum absolute atomic E-state index is 0.263. The van der Waals surface area contributed by atoms with Crippen LogP contribution in [-0.2, 0) is 16.1 Å². The van der Waals surface area contributed by atoms with Gasteiger partial charge in [-0.15, -0.1) is 0 Å². The molecule has 0 saturated heterocycles. The molecule has 0 atom stereocenters. The third-order valence-corrected chi connectivity index (χ3v) is 5.59. The van der Waals surface area contributed by atoms with Gasteiger partial charge in [-0.25, -0.2) is 9.78 Å². The number of hydrogen-bond acceptors (Lipinski definition) is 5. The molecule has 4 aromatic rings. The summed E-state index contributed by atoms with van der Waals surface area (Å²) in [7, 11) is 0. The van der Waals surface area contributed by atoms with E-state index in [4.69, 9.17) is 19.8 Å². The van der Waals surface area contributed by atoms with Crippen LogP contribution in [0.5, 0.6) is 0 Å². The standard InChI is InChI=1S/C29H29N3O3/c33-27(34)22-35-19-11-10-18-32(21-23-12-4-1-5-13-23)26-20-30-28(24-14-6-2-7-15-24)29(31-26)25-16-8-3-9-17-25/h1-9,12-17,20H,10-11,18-19,21-22H2,(H,33,34). The van der Waals surface area contributed by atoms with Crippen molar-refractivity contribution in [1.82, 2.24) is 9.97 Å². The maximum absolute atomic E-state index is 10.7. The topological polar surface area (TPSA) is 75.6 Å². The van der Waals surface area contributed by atoms with E-state index in [9.17, 15) is 4.79 Å². The maximum Gasteiger partial charge on any atom is 0.329 e. The first-order chi connectivity index (χ1) is 17.2. The first-order valence-corrected chi connectivity index (χ1v) is 11.8. The van der Waals surface area contributed by atoms with Crippen molar-refractivity contribution in [2.45, 2.75) is 19.4 Å². The highest BCUT2D eigenvalue weighted by Gasteiger charge is 2.16. The zero-order valence-electron chi connectivity index (χ0n) is 19.6. The number of unbranched alkanes of at least 4 members (excludes halogenated alkanes) is 1. The third kappa shape index (κ3) is 6.98. The fourth-order valence-electron chi connectivity index (χ4n) is 3.88. The van der Waals surface area contributed by atoms with Crippen LogP contribution in [0.1, 0.15) is 18.4 Å². The van der Waals surface area contributed by atoms with E-state index >= 15 is 0 Å². The van der Waals surface area contributed by atoms with Gasteiger partial charge in [-0.3, -0.25) is 4.98 Å². The lowest BCUT2D eigenvalue weighted by Crippen LogP contribution is -2.25. The number of carboxylic acid groups (broad SMARTS) is 1. The second-order valence-corrected chi connectivity index (χ2v) is 8.22. The molecule has 4 rings (SSSR count). The summed E-state index contributed by atoms with van der Waals surface area (Å²) in [4.78, 5) is 22.9. The minimum atomic E-state index is -0.946. The van der Waals surface area contributed by atoms with E-state index in [1.165, 1.54) is 5.56 Å². The second kappa shape index (κ2) is 12.4. The average Bonchev–Trinajstić information content (AvgIpc) is 2.91. The van der Waals surface area contributed by atoms with Gasteiger partial charge < -0.3 is 14.7 Å². The summed E-state index contributed by atoms with van der Waals surface area (Å²) in [6.45, 7) is 1.60. The quantitative estimate of drug-likeness (QED) is 0.270. The zero-order chi connectivity index (χ0) is 24.3. The van der Waals surface area contributed by atoms with Gasteiger partial charge in [0, 0.05) is 30.8 Å². The number of aliphatic carboxylic acids is 1. The number of rotatable bonds is 12. The Balaban J connectivity index is 1.62. The van der Waals surface area contributed by atoms with E-state index in [-0.39, 0.29) is 6.61 Å². The van der Waals surface area contributed by atoms with E-state index in [2.05, 4.69) is 41.3 Å². The fourth-order valence-corrected chi connectivity index (χ4v) is 3.88. The molecular formula is C29H29N3O3. The summed E-state index contributed by atoms with van der Waals surface area (Å²) in [5.74, 6) is -0.142. The highest BCUT2D eigenvalue weighted by Crippen LogP contribution is 2.31. The number of aromatic nitrogens is 2. The molecule has 0 amide bonds. The lowest BCUT2D eigenvalue weighted by molar-refractivity contribution is -0.142. The van der Waals surface area contributed by atoms with E-state index in [0.29, 0.717) is 13.2 Å². The van der Waals surface area contributed by atoms with Crippen molar-refractivity contribution in [2.24, 2.45) is 0 Å². The van der Waals surface area contributed by atoms with E-state index < -0.39 is 5.97 Å². The number of carbonyl (C=O) groups is 1. The summed E-state index contributed by atoms with van der Waals surface area (Å²) < 4.78 is 5.20. The van der Waals surface area contributed by atoms with Crippen molar-refractivity contribution in [3.8, 4) is 22.5 Å². The first kappa shape index (κ1) is 24.1. The first-order valence-electron chi connectivity index (χ1n) is 11.8. The summed E-state index contributed by atoms with van der Waals surface area (Å²) in [6.07, 6.45) is 3.45. The van der Waals surface area contributed by atoms with Gasteiger partial charge in [0.25, 0.3) is 0 Å². The van der Waals surface area contributed by atoms with Gasteiger partial charge >= 0.3 is 5.97 Å². The molecule has 6 heteroatoms. The summed E-state index contributed by atoms with van der Waals surface area (Å²) >= 11 is 0. The molecule has 0 spiro atoms. The summed E-state index contributed by atoms with van der Waals surface area (Å²) in [5.41, 5.74) is 4.92. The van der Waals surface area contributed by atoms with Crippen LogP contribution in [0.4, 0.5) is 5.82 Å². The van der Waals surface area contributed by atoms with Crippen LogP contribution in [0.2, 0.25) is 0 Å². The SMILES string of the molecule is O=C(O)COCCCCN(Cc1ccccc1)c1cnc(-c2ccccc2)c(-c2ccccc2)n1. The molecule has 178 valence electrons. The van der Waals surface area contributed by atoms with Crippen molar-refractivity contribution in [3.05, 3.63) is 103 Å². The Morgan fingerprint density at radius 3 is 2.03 bits per heavy atom. The highest BCUT2D eigenvalue weighted by molar-refractivity contribution is 5.78. The fraction of sp³-hybridized carbons (Fsp3) is 0.207. The Morgan fingerprint density at radius 1 is 0.800 bits per heavy atom. The lowest BCUT2D eigenvalue weighted by atomic mass is 10.0. The molecule has 0 saturated carbocycles. The largest absolute Gasteiger partial charge is 0.480 e. The third-order valence-electron chi connectivity index (χ3n) is 5.59. The molecule has 0 bridgehead atoms. The lowest BCUT2D eigenvalue weighted by Gasteiger charge is -2.25. The Labute approximate surface area is 205 Å². The van der Waals surface area contributed by atoms with Gasteiger partial charge in [0.15, 0.2) is 0 Å². The normalized spacial score (nSPS) is 10.7. The number of benzene rings is 3. The average molecular weight is 468 g/mol. The van der Waals surface area contributed by atoms with Crippen LogP contribution in [0, 0.1) is 0 Å². The second-order valence-electron chi connectivity index (χ2n) is 8.22. The van der Waals surface area contributed by atoms with Crippen molar-refractivity contribution in [3.63, 3.8) is 0 Å². The predicted octanol–water partition coefficient (Wildman–Crippen LogP) is 5.70. The van der Waals surface area contributed by atoms with Gasteiger partial charge in [-0.05, 0) is 18.4 Å². The van der Waals surface area contributed by atoms with Crippen molar-refractivity contribution >= 4 is 11.8 Å². The minimum Gasteiger partial charge on any atom is -0.480 e. The van der Waals surface area contributed by atoms with Crippen molar-refractivity contribution < 1.29 is 14.6 Å². The smallest absolute Gasteiger partial charge is 0.329 e.